The molecule has 162 valence electrons. The fourth-order valence-corrected chi connectivity index (χ4v) is 5.04. The van der Waals surface area contributed by atoms with Crippen LogP contribution >= 0.6 is 0 Å². The first-order valence-corrected chi connectivity index (χ1v) is 11.3. The van der Waals surface area contributed by atoms with Gasteiger partial charge in [-0.05, 0) is 36.6 Å². The first-order chi connectivity index (χ1) is 15.2. The van der Waals surface area contributed by atoms with Crippen molar-refractivity contribution in [1.29, 1.82) is 0 Å². The number of fused-ring (bicyclic) bond motifs is 3. The number of anilines is 1. The van der Waals surface area contributed by atoms with Crippen molar-refractivity contribution < 1.29 is 9.53 Å². The van der Waals surface area contributed by atoms with Gasteiger partial charge in [0.15, 0.2) is 0 Å². The van der Waals surface area contributed by atoms with Gasteiger partial charge in [-0.1, -0.05) is 43.2 Å². The smallest absolute Gasteiger partial charge is 0.230 e. The molecule has 6 heteroatoms. The van der Waals surface area contributed by atoms with E-state index >= 15 is 0 Å². The molecule has 1 fully saturated rings. The summed E-state index contributed by atoms with van der Waals surface area (Å²) in [5, 5.41) is 3.11. The van der Waals surface area contributed by atoms with Gasteiger partial charge in [-0.15, -0.1) is 0 Å². The van der Waals surface area contributed by atoms with Gasteiger partial charge < -0.3 is 14.6 Å². The molecule has 2 aliphatic rings. The fourth-order valence-electron chi connectivity index (χ4n) is 5.04. The number of nitrogens with one attached hydrogen (secondary N) is 1. The van der Waals surface area contributed by atoms with Crippen molar-refractivity contribution >= 4 is 22.6 Å². The van der Waals surface area contributed by atoms with Crippen molar-refractivity contribution in [2.45, 2.75) is 51.4 Å². The van der Waals surface area contributed by atoms with Gasteiger partial charge in [0.05, 0.1) is 29.6 Å². The average Bonchev–Trinajstić information content (AvgIpc) is 3.16. The Balaban J connectivity index is 1.31. The van der Waals surface area contributed by atoms with Crippen molar-refractivity contribution in [2.24, 2.45) is 5.92 Å². The number of ether oxygens (including phenoxy) is 1. The molecule has 2 heterocycles. The van der Waals surface area contributed by atoms with Crippen LogP contribution in [0.25, 0.3) is 11.0 Å². The van der Waals surface area contributed by atoms with Gasteiger partial charge in [-0.3, -0.25) is 9.69 Å². The molecule has 0 spiro atoms. The first kappa shape index (κ1) is 20.2. The van der Waals surface area contributed by atoms with Crippen molar-refractivity contribution in [3.8, 4) is 0 Å². The molecule has 6 nitrogen and oxygen atoms in total. The van der Waals surface area contributed by atoms with E-state index in [2.05, 4.69) is 51.2 Å². The molecular formula is C25H30N4O2. The van der Waals surface area contributed by atoms with Gasteiger partial charge in [-0.2, -0.15) is 0 Å². The maximum Gasteiger partial charge on any atom is 0.230 e. The lowest BCUT2D eigenvalue weighted by molar-refractivity contribution is -0.126. The van der Waals surface area contributed by atoms with E-state index in [1.807, 2.05) is 12.1 Å². The summed E-state index contributed by atoms with van der Waals surface area (Å²) in [5.74, 6) is 1.08. The Morgan fingerprint density at radius 2 is 1.97 bits per heavy atom. The van der Waals surface area contributed by atoms with Crippen LogP contribution in [0.5, 0.6) is 0 Å². The Hall–Kier alpha value is -2.70. The summed E-state index contributed by atoms with van der Waals surface area (Å²) in [5.41, 5.74) is 4.23. The number of imidazole rings is 1. The Bertz CT molecular complexity index is 1060. The molecule has 5 rings (SSSR count). The lowest BCUT2D eigenvalue weighted by atomic mass is 9.85. The van der Waals surface area contributed by atoms with Crippen LogP contribution in [0.4, 0.5) is 5.69 Å². The Morgan fingerprint density at radius 1 is 1.13 bits per heavy atom. The third-order valence-electron chi connectivity index (χ3n) is 6.69. The summed E-state index contributed by atoms with van der Waals surface area (Å²) in [7, 11) is 1.71. The number of rotatable bonds is 5. The van der Waals surface area contributed by atoms with Gasteiger partial charge in [-0.25, -0.2) is 4.98 Å². The van der Waals surface area contributed by atoms with E-state index in [0.717, 1.165) is 74.4 Å². The molecule has 31 heavy (non-hydrogen) atoms. The highest BCUT2D eigenvalue weighted by Crippen LogP contribution is 2.29. The number of amides is 1. The molecule has 0 saturated heterocycles. The highest BCUT2D eigenvalue weighted by atomic mass is 16.5. The summed E-state index contributed by atoms with van der Waals surface area (Å²) in [6, 6.07) is 16.7. The van der Waals surface area contributed by atoms with Crippen molar-refractivity contribution in [3.63, 3.8) is 0 Å². The number of methoxy groups -OCH3 is 1. The summed E-state index contributed by atoms with van der Waals surface area (Å²) < 4.78 is 7.87. The zero-order valence-corrected chi connectivity index (χ0v) is 18.1. The molecular weight excluding hydrogens is 388 g/mol. The molecule has 2 unspecified atom stereocenters. The van der Waals surface area contributed by atoms with E-state index in [1.54, 1.807) is 7.11 Å². The second kappa shape index (κ2) is 8.81. The predicted molar refractivity (Wildman–Crippen MR) is 122 cm³/mol. The van der Waals surface area contributed by atoms with Crippen LogP contribution in [0.15, 0.2) is 48.5 Å². The van der Waals surface area contributed by atoms with Gasteiger partial charge in [0.2, 0.25) is 5.91 Å². The van der Waals surface area contributed by atoms with Gasteiger partial charge in [0.25, 0.3) is 0 Å². The molecule has 2 aromatic carbocycles. The van der Waals surface area contributed by atoms with Crippen LogP contribution in [0.2, 0.25) is 0 Å². The third-order valence-corrected chi connectivity index (χ3v) is 6.69. The maximum absolute atomic E-state index is 12.9. The highest BCUT2D eigenvalue weighted by molar-refractivity contribution is 5.95. The maximum atomic E-state index is 12.9. The van der Waals surface area contributed by atoms with Crippen molar-refractivity contribution in [3.05, 3.63) is 59.9 Å². The summed E-state index contributed by atoms with van der Waals surface area (Å²) >= 11 is 0. The largest absolute Gasteiger partial charge is 0.381 e. The van der Waals surface area contributed by atoms with E-state index in [4.69, 9.17) is 9.72 Å². The van der Waals surface area contributed by atoms with E-state index in [0.29, 0.717) is 0 Å². The Labute approximate surface area is 183 Å². The van der Waals surface area contributed by atoms with E-state index in [9.17, 15) is 4.79 Å². The molecule has 1 aliphatic heterocycles. The number of hydrogen-bond donors (Lipinski definition) is 1. The average molecular weight is 419 g/mol. The monoisotopic (exact) mass is 418 g/mol. The summed E-state index contributed by atoms with van der Waals surface area (Å²) in [6.45, 7) is 3.71. The topological polar surface area (TPSA) is 59.4 Å². The molecule has 2 atom stereocenters. The first-order valence-electron chi connectivity index (χ1n) is 11.3. The molecule has 0 bridgehead atoms. The zero-order valence-electron chi connectivity index (χ0n) is 18.1. The zero-order chi connectivity index (χ0) is 21.2. The number of aromatic nitrogens is 2. The lowest BCUT2D eigenvalue weighted by Crippen LogP contribution is -2.36. The number of carbonyl (C=O) groups excluding carboxylic acids is 1. The molecule has 0 radical (unpaired) electrons. The van der Waals surface area contributed by atoms with Crippen LogP contribution < -0.4 is 5.32 Å². The second-order valence-electron chi connectivity index (χ2n) is 8.73. The molecule has 1 aliphatic carbocycles. The van der Waals surface area contributed by atoms with Crippen LogP contribution in [0.1, 0.15) is 37.1 Å². The second-order valence-corrected chi connectivity index (χ2v) is 8.73. The van der Waals surface area contributed by atoms with Crippen LogP contribution in [-0.2, 0) is 29.2 Å². The van der Waals surface area contributed by atoms with Crippen molar-refractivity contribution in [2.75, 3.05) is 19.0 Å². The minimum Gasteiger partial charge on any atom is -0.381 e. The minimum absolute atomic E-state index is 0.0213. The molecule has 1 aromatic heterocycles. The fraction of sp³-hybridized carbons (Fsp3) is 0.440. The molecule has 1 amide bonds. The standard InChI is InChI=1S/C25H30N4O2/c1-31-23-10-6-5-9-20(23)25(30)26-19-11-12-22-21(15-19)27-24-17-28(13-14-29(22)24)16-18-7-3-2-4-8-18/h2-4,7-8,11-12,15,20,23H,5-6,9-10,13-14,16-17H2,1H3,(H,26,30). The predicted octanol–water partition coefficient (Wildman–Crippen LogP) is 4.20. The molecule has 3 aromatic rings. The van der Waals surface area contributed by atoms with Gasteiger partial charge in [0, 0.05) is 32.4 Å². The van der Waals surface area contributed by atoms with Crippen molar-refractivity contribution in [1.82, 2.24) is 14.5 Å². The van der Waals surface area contributed by atoms with E-state index in [-0.39, 0.29) is 17.9 Å². The highest BCUT2D eigenvalue weighted by Gasteiger charge is 2.31. The summed E-state index contributed by atoms with van der Waals surface area (Å²) in [6.07, 6.45) is 4.09. The number of benzene rings is 2. The number of hydrogen-bond acceptors (Lipinski definition) is 4. The molecule has 1 N–H and O–H groups in total. The van der Waals surface area contributed by atoms with Gasteiger partial charge in [0.1, 0.15) is 5.82 Å². The summed E-state index contributed by atoms with van der Waals surface area (Å²) in [4.78, 5) is 20.2. The van der Waals surface area contributed by atoms with Gasteiger partial charge >= 0.3 is 0 Å². The SMILES string of the molecule is COC1CCCCC1C(=O)Nc1ccc2c(c1)nc1n2CCN(Cc2ccccc2)C1. The minimum atomic E-state index is -0.0730. The third kappa shape index (κ3) is 4.23. The lowest BCUT2D eigenvalue weighted by Gasteiger charge is -2.29. The van der Waals surface area contributed by atoms with Crippen LogP contribution in [0.3, 0.4) is 0 Å². The number of nitrogens with zero attached hydrogens (tertiary/aromatic N) is 3. The van der Waals surface area contributed by atoms with E-state index in [1.165, 1.54) is 5.56 Å². The Morgan fingerprint density at radius 3 is 2.81 bits per heavy atom. The quantitative estimate of drug-likeness (QED) is 0.675. The van der Waals surface area contributed by atoms with Crippen LogP contribution in [-0.4, -0.2) is 40.1 Å². The Kier molecular flexibility index (Phi) is 5.74. The molecule has 1 saturated carbocycles. The van der Waals surface area contributed by atoms with Crippen LogP contribution in [0, 0.1) is 5.92 Å². The number of carbonyl (C=O) groups is 1. The van der Waals surface area contributed by atoms with E-state index < -0.39 is 0 Å². The normalized spacial score (nSPS) is 21.7.